The normalized spacial score (nSPS) is 16.2. The van der Waals surface area contributed by atoms with E-state index in [4.69, 9.17) is 4.74 Å². The van der Waals surface area contributed by atoms with Crippen LogP contribution < -0.4 is 9.64 Å². The molecule has 0 saturated carbocycles. The van der Waals surface area contributed by atoms with Gasteiger partial charge >= 0.3 is 0 Å². The Kier molecular flexibility index (Phi) is 3.97. The number of rotatable bonds is 2. The Morgan fingerprint density at radius 3 is 2.96 bits per heavy atom. The van der Waals surface area contributed by atoms with Gasteiger partial charge in [-0.25, -0.2) is 4.98 Å². The van der Waals surface area contributed by atoms with E-state index >= 15 is 0 Å². The third kappa shape index (κ3) is 3.00. The predicted octanol–water partition coefficient (Wildman–Crippen LogP) is 3.94. The van der Waals surface area contributed by atoms with E-state index < -0.39 is 0 Å². The van der Waals surface area contributed by atoms with Gasteiger partial charge in [-0.1, -0.05) is 12.1 Å². The molecule has 1 amide bonds. The molecule has 3 aromatic rings. The zero-order chi connectivity index (χ0) is 17.4. The molecular weight excluding hydrogens is 334 g/mol. The van der Waals surface area contributed by atoms with Crippen LogP contribution in [0.25, 0.3) is 10.7 Å². The number of ether oxygens (including phenoxy) is 1. The first kappa shape index (κ1) is 15.8. The number of benzene rings is 1. The quantitative estimate of drug-likeness (QED) is 0.702. The smallest absolute Gasteiger partial charge is 0.270 e. The van der Waals surface area contributed by atoms with Crippen LogP contribution in [0.3, 0.4) is 0 Å². The average Bonchev–Trinajstić information content (AvgIpc) is 3.12. The lowest BCUT2D eigenvalue weighted by Crippen LogP contribution is -2.42. The highest BCUT2D eigenvalue weighted by Gasteiger charge is 2.29. The Bertz CT molecular complexity index is 923. The van der Waals surface area contributed by atoms with Gasteiger partial charge in [-0.15, -0.1) is 11.3 Å². The van der Waals surface area contributed by atoms with Crippen LogP contribution in [0.5, 0.6) is 5.75 Å². The summed E-state index contributed by atoms with van der Waals surface area (Å²) >= 11 is 1.36. The van der Waals surface area contributed by atoms with Crippen LogP contribution in [-0.2, 0) is 0 Å². The summed E-state index contributed by atoms with van der Waals surface area (Å²) in [6.07, 6.45) is 3.30. The van der Waals surface area contributed by atoms with Gasteiger partial charge in [-0.2, -0.15) is 0 Å². The van der Waals surface area contributed by atoms with Gasteiger partial charge in [-0.3, -0.25) is 9.78 Å². The van der Waals surface area contributed by atoms with Crippen molar-refractivity contribution in [3.63, 3.8) is 0 Å². The summed E-state index contributed by atoms with van der Waals surface area (Å²) in [6, 6.07) is 11.6. The van der Waals surface area contributed by atoms with Gasteiger partial charge in [0.1, 0.15) is 21.7 Å². The molecule has 3 heterocycles. The van der Waals surface area contributed by atoms with Crippen molar-refractivity contribution in [1.82, 2.24) is 9.97 Å². The Hall–Kier alpha value is -2.73. The summed E-state index contributed by atoms with van der Waals surface area (Å²) in [5, 5.41) is 0.745. The maximum absolute atomic E-state index is 13.1. The van der Waals surface area contributed by atoms with E-state index in [0.29, 0.717) is 11.4 Å². The zero-order valence-corrected chi connectivity index (χ0v) is 14.8. The molecule has 2 aromatic heterocycles. The standard InChI is InChI=1S/C19H17N3O2S/c1-12-6-7-16-15(9-12)22(11-13(2)24-16)19(23)17-10-21-18(25-17)14-5-3-4-8-20-14/h3-10,13H,11H2,1-2H3/t13-/m0/s1. The predicted molar refractivity (Wildman–Crippen MR) is 98.3 cm³/mol. The molecule has 0 bridgehead atoms. The number of pyridine rings is 1. The summed E-state index contributed by atoms with van der Waals surface area (Å²) in [6.45, 7) is 4.49. The first-order chi connectivity index (χ1) is 12.1. The Balaban J connectivity index is 1.68. The van der Waals surface area contributed by atoms with E-state index in [9.17, 15) is 4.79 Å². The van der Waals surface area contributed by atoms with E-state index in [0.717, 1.165) is 27.7 Å². The van der Waals surface area contributed by atoms with Crippen LogP contribution in [0.4, 0.5) is 5.69 Å². The Morgan fingerprint density at radius 1 is 1.28 bits per heavy atom. The molecule has 0 spiro atoms. The zero-order valence-electron chi connectivity index (χ0n) is 14.0. The third-order valence-electron chi connectivity index (χ3n) is 4.02. The number of hydrogen-bond acceptors (Lipinski definition) is 5. The van der Waals surface area contributed by atoms with Crippen molar-refractivity contribution in [2.24, 2.45) is 0 Å². The van der Waals surface area contributed by atoms with Crippen molar-refractivity contribution in [3.8, 4) is 16.5 Å². The minimum Gasteiger partial charge on any atom is -0.487 e. The Morgan fingerprint density at radius 2 is 2.16 bits per heavy atom. The second-order valence-corrected chi connectivity index (χ2v) is 7.09. The summed E-state index contributed by atoms with van der Waals surface area (Å²) < 4.78 is 5.86. The van der Waals surface area contributed by atoms with Crippen molar-refractivity contribution in [1.29, 1.82) is 0 Å². The van der Waals surface area contributed by atoms with Gasteiger partial charge < -0.3 is 9.64 Å². The highest BCUT2D eigenvalue weighted by atomic mass is 32.1. The molecule has 0 fully saturated rings. The number of aromatic nitrogens is 2. The number of carbonyl (C=O) groups excluding carboxylic acids is 1. The first-order valence-corrected chi connectivity index (χ1v) is 8.90. The lowest BCUT2D eigenvalue weighted by atomic mass is 10.1. The van der Waals surface area contributed by atoms with E-state index in [1.807, 2.05) is 50.2 Å². The number of hydrogen-bond donors (Lipinski definition) is 0. The number of aryl methyl sites for hydroxylation is 1. The van der Waals surface area contributed by atoms with Crippen molar-refractivity contribution >= 4 is 22.9 Å². The van der Waals surface area contributed by atoms with Crippen LogP contribution in [0, 0.1) is 6.92 Å². The van der Waals surface area contributed by atoms with E-state index in [1.54, 1.807) is 17.3 Å². The molecule has 25 heavy (non-hydrogen) atoms. The van der Waals surface area contributed by atoms with E-state index in [1.165, 1.54) is 11.3 Å². The fourth-order valence-electron chi connectivity index (χ4n) is 2.85. The largest absolute Gasteiger partial charge is 0.487 e. The number of carbonyl (C=O) groups is 1. The molecule has 0 radical (unpaired) electrons. The van der Waals surface area contributed by atoms with Crippen LogP contribution >= 0.6 is 11.3 Å². The molecule has 5 nitrogen and oxygen atoms in total. The number of nitrogens with zero attached hydrogens (tertiary/aromatic N) is 3. The summed E-state index contributed by atoms with van der Waals surface area (Å²) in [5.41, 5.74) is 2.68. The number of anilines is 1. The molecule has 1 aromatic carbocycles. The molecular formula is C19H17N3O2S. The van der Waals surface area contributed by atoms with Crippen LogP contribution in [0.15, 0.2) is 48.8 Å². The van der Waals surface area contributed by atoms with Gasteiger partial charge in [0.2, 0.25) is 0 Å². The minimum atomic E-state index is -0.0540. The molecule has 0 unspecified atom stereocenters. The summed E-state index contributed by atoms with van der Waals surface area (Å²) in [7, 11) is 0. The van der Waals surface area contributed by atoms with Gasteiger partial charge in [-0.05, 0) is 43.7 Å². The Labute approximate surface area is 149 Å². The number of fused-ring (bicyclic) bond motifs is 1. The third-order valence-corrected chi connectivity index (χ3v) is 5.03. The second kappa shape index (κ2) is 6.29. The topological polar surface area (TPSA) is 55.3 Å². The molecule has 6 heteroatoms. The molecule has 126 valence electrons. The fraction of sp³-hybridized carbons (Fsp3) is 0.211. The SMILES string of the molecule is Cc1ccc2c(c1)N(C(=O)c1cnc(-c3ccccn3)s1)C[C@H](C)O2. The summed E-state index contributed by atoms with van der Waals surface area (Å²) in [5.74, 6) is 0.689. The van der Waals surface area contributed by atoms with E-state index in [-0.39, 0.29) is 12.0 Å². The van der Waals surface area contributed by atoms with Crippen molar-refractivity contribution in [2.75, 3.05) is 11.4 Å². The average molecular weight is 351 g/mol. The van der Waals surface area contributed by atoms with Gasteiger partial charge in [0, 0.05) is 6.20 Å². The number of thiazole rings is 1. The van der Waals surface area contributed by atoms with E-state index in [2.05, 4.69) is 9.97 Å². The monoisotopic (exact) mass is 351 g/mol. The van der Waals surface area contributed by atoms with Crippen molar-refractivity contribution in [3.05, 3.63) is 59.2 Å². The number of amides is 1. The van der Waals surface area contributed by atoms with Crippen molar-refractivity contribution in [2.45, 2.75) is 20.0 Å². The molecule has 1 aliphatic rings. The molecule has 0 N–H and O–H groups in total. The molecule has 0 aliphatic carbocycles. The van der Waals surface area contributed by atoms with Crippen molar-refractivity contribution < 1.29 is 9.53 Å². The second-order valence-electron chi connectivity index (χ2n) is 6.06. The lowest BCUT2D eigenvalue weighted by Gasteiger charge is -2.33. The molecule has 0 saturated heterocycles. The highest BCUT2D eigenvalue weighted by Crippen LogP contribution is 2.36. The van der Waals surface area contributed by atoms with Gasteiger partial charge in [0.15, 0.2) is 0 Å². The van der Waals surface area contributed by atoms with Crippen LogP contribution in [-0.4, -0.2) is 28.5 Å². The lowest BCUT2D eigenvalue weighted by molar-refractivity contribution is 0.0965. The maximum Gasteiger partial charge on any atom is 0.270 e. The molecule has 1 aliphatic heterocycles. The van der Waals surface area contributed by atoms with Gasteiger partial charge in [0.05, 0.1) is 24.1 Å². The fourth-order valence-corrected chi connectivity index (χ4v) is 3.70. The maximum atomic E-state index is 13.1. The van der Waals surface area contributed by atoms with Gasteiger partial charge in [0.25, 0.3) is 5.91 Å². The van der Waals surface area contributed by atoms with Crippen LogP contribution in [0.1, 0.15) is 22.2 Å². The molecule has 1 atom stereocenters. The highest BCUT2D eigenvalue weighted by molar-refractivity contribution is 7.17. The first-order valence-electron chi connectivity index (χ1n) is 8.08. The van der Waals surface area contributed by atoms with Crippen LogP contribution in [0.2, 0.25) is 0 Å². The summed E-state index contributed by atoms with van der Waals surface area (Å²) in [4.78, 5) is 24.1. The molecule has 4 rings (SSSR count). The minimum absolute atomic E-state index is 0.0534.